The predicted molar refractivity (Wildman–Crippen MR) is 85.5 cm³/mol. The number of hydrogen-bond acceptors (Lipinski definition) is 5. The summed E-state index contributed by atoms with van der Waals surface area (Å²) in [5.74, 6) is 0.524. The molecule has 7 heteroatoms. The van der Waals surface area contributed by atoms with Gasteiger partial charge in [0, 0.05) is 26.1 Å². The normalized spacial score (nSPS) is 22.2. The fraction of sp³-hybridized carbons (Fsp3) is 0.750. The van der Waals surface area contributed by atoms with Crippen LogP contribution in [0.15, 0.2) is 11.3 Å². The first-order valence-electron chi connectivity index (χ1n) is 8.23. The van der Waals surface area contributed by atoms with Gasteiger partial charge >= 0.3 is 0 Å². The van der Waals surface area contributed by atoms with Crippen LogP contribution in [0.2, 0.25) is 0 Å². The molecule has 1 atom stereocenters. The topological polar surface area (TPSA) is 85.1 Å². The van der Waals surface area contributed by atoms with Crippen LogP contribution < -0.4 is 5.73 Å². The van der Waals surface area contributed by atoms with E-state index in [4.69, 9.17) is 15.2 Å². The van der Waals surface area contributed by atoms with Gasteiger partial charge in [0.1, 0.15) is 5.76 Å². The van der Waals surface area contributed by atoms with Gasteiger partial charge in [-0.3, -0.25) is 14.5 Å². The average molecular weight is 325 g/mol. The summed E-state index contributed by atoms with van der Waals surface area (Å²) < 4.78 is 11.3. The summed E-state index contributed by atoms with van der Waals surface area (Å²) in [6, 6.07) is 0. The molecule has 0 aromatic rings. The Bertz CT molecular complexity index is 478. The van der Waals surface area contributed by atoms with E-state index in [2.05, 4.69) is 0 Å². The van der Waals surface area contributed by atoms with Crippen LogP contribution in [-0.2, 0) is 19.1 Å². The Morgan fingerprint density at radius 2 is 2.17 bits per heavy atom. The lowest BCUT2D eigenvalue weighted by molar-refractivity contribution is -0.136. The van der Waals surface area contributed by atoms with Crippen molar-refractivity contribution in [3.8, 4) is 0 Å². The zero-order valence-electron chi connectivity index (χ0n) is 14.0. The lowest BCUT2D eigenvalue weighted by Gasteiger charge is -2.36. The predicted octanol–water partition coefficient (Wildman–Crippen LogP) is 0.105. The van der Waals surface area contributed by atoms with Gasteiger partial charge in [0.15, 0.2) is 0 Å². The first-order valence-corrected chi connectivity index (χ1v) is 8.23. The number of rotatable bonds is 6. The largest absolute Gasteiger partial charge is 0.497 e. The Kier molecular flexibility index (Phi) is 6.41. The van der Waals surface area contributed by atoms with Gasteiger partial charge in [-0.25, -0.2) is 0 Å². The van der Waals surface area contributed by atoms with E-state index in [1.165, 1.54) is 0 Å². The first-order chi connectivity index (χ1) is 11.0. The maximum Gasteiger partial charge on any atom is 0.253 e. The number of primary amides is 1. The zero-order chi connectivity index (χ0) is 16.8. The Hall–Kier alpha value is -1.60. The summed E-state index contributed by atoms with van der Waals surface area (Å²) >= 11 is 0. The molecule has 7 nitrogen and oxygen atoms in total. The third-order valence-corrected chi connectivity index (χ3v) is 4.13. The van der Waals surface area contributed by atoms with E-state index in [1.54, 1.807) is 0 Å². The second-order valence-corrected chi connectivity index (χ2v) is 6.11. The van der Waals surface area contributed by atoms with Crippen molar-refractivity contribution in [2.24, 2.45) is 5.73 Å². The van der Waals surface area contributed by atoms with Crippen LogP contribution in [0.3, 0.4) is 0 Å². The summed E-state index contributed by atoms with van der Waals surface area (Å²) in [5, 5.41) is 0. The van der Waals surface area contributed by atoms with E-state index < -0.39 is 0 Å². The number of carbonyl (C=O) groups excluding carboxylic acids is 2. The molecule has 0 spiro atoms. The van der Waals surface area contributed by atoms with E-state index in [9.17, 15) is 9.59 Å². The van der Waals surface area contributed by atoms with Crippen molar-refractivity contribution >= 4 is 11.8 Å². The molecular weight excluding hydrogens is 298 g/mol. The summed E-state index contributed by atoms with van der Waals surface area (Å²) in [6.45, 7) is 5.10. The molecule has 130 valence electrons. The van der Waals surface area contributed by atoms with Gasteiger partial charge in [0.05, 0.1) is 31.4 Å². The summed E-state index contributed by atoms with van der Waals surface area (Å²) in [6.07, 6.45) is 2.31. The highest BCUT2D eigenvalue weighted by Gasteiger charge is 2.29. The number of nitrogens with zero attached hydrogens (tertiary/aromatic N) is 2. The van der Waals surface area contributed by atoms with Gasteiger partial charge in [-0.2, -0.15) is 0 Å². The molecule has 0 saturated carbocycles. The molecule has 2 aliphatic heterocycles. The lowest BCUT2D eigenvalue weighted by atomic mass is 10.0. The number of amides is 2. The second kappa shape index (κ2) is 8.31. The van der Waals surface area contributed by atoms with Crippen LogP contribution in [0.5, 0.6) is 0 Å². The number of allylic oxidation sites excluding steroid dienone is 1. The molecule has 1 fully saturated rings. The van der Waals surface area contributed by atoms with Gasteiger partial charge in [0.25, 0.3) is 5.91 Å². The van der Waals surface area contributed by atoms with E-state index in [-0.39, 0.29) is 24.5 Å². The van der Waals surface area contributed by atoms with Gasteiger partial charge in [-0.1, -0.05) is 6.92 Å². The highest BCUT2D eigenvalue weighted by molar-refractivity contribution is 5.94. The van der Waals surface area contributed by atoms with Crippen LogP contribution in [0.25, 0.3) is 0 Å². The Morgan fingerprint density at radius 3 is 2.87 bits per heavy atom. The van der Waals surface area contributed by atoms with E-state index in [0.717, 1.165) is 30.6 Å². The third-order valence-electron chi connectivity index (χ3n) is 4.13. The highest BCUT2D eigenvalue weighted by atomic mass is 16.5. The van der Waals surface area contributed by atoms with Crippen LogP contribution in [0.1, 0.15) is 26.2 Å². The molecule has 2 aliphatic rings. The molecule has 0 aliphatic carbocycles. The van der Waals surface area contributed by atoms with Crippen LogP contribution in [-0.4, -0.2) is 74.2 Å². The number of likely N-dealkylation sites (N-methyl/N-ethyl adjacent to an activating group) is 1. The standard InChI is InChI=1S/C16H27N3O4/c1-3-14-13(5-4-7-23-14)16(21)19-6-8-22-12(10-19)9-18(2)11-15(17)20/h12H,3-11H2,1-2H3,(H2,17,20). The van der Waals surface area contributed by atoms with E-state index in [0.29, 0.717) is 32.8 Å². The van der Waals surface area contributed by atoms with Crippen molar-refractivity contribution in [2.75, 3.05) is 46.4 Å². The molecule has 0 aromatic heterocycles. The molecule has 0 radical (unpaired) electrons. The Labute approximate surface area is 137 Å². The SMILES string of the molecule is CCC1=C(C(=O)N2CCOC(CN(C)CC(N)=O)C2)CCCO1. The van der Waals surface area contributed by atoms with E-state index >= 15 is 0 Å². The Balaban J connectivity index is 1.96. The number of nitrogens with two attached hydrogens (primary N) is 1. The molecule has 2 rings (SSSR count). The fourth-order valence-corrected chi connectivity index (χ4v) is 3.10. The van der Waals surface area contributed by atoms with Crippen molar-refractivity contribution in [3.63, 3.8) is 0 Å². The molecule has 2 N–H and O–H groups in total. The monoisotopic (exact) mass is 325 g/mol. The number of carbonyl (C=O) groups is 2. The molecule has 1 saturated heterocycles. The number of ether oxygens (including phenoxy) is 2. The van der Waals surface area contributed by atoms with Gasteiger partial charge in [0.2, 0.25) is 5.91 Å². The van der Waals surface area contributed by atoms with E-state index in [1.807, 2.05) is 23.8 Å². The molecule has 0 bridgehead atoms. The molecule has 2 amide bonds. The van der Waals surface area contributed by atoms with Crippen LogP contribution in [0, 0.1) is 0 Å². The molecule has 1 unspecified atom stereocenters. The van der Waals surface area contributed by atoms with Gasteiger partial charge < -0.3 is 20.1 Å². The average Bonchev–Trinajstić information content (AvgIpc) is 2.53. The maximum atomic E-state index is 12.8. The molecule has 2 heterocycles. The van der Waals surface area contributed by atoms with Crippen molar-refractivity contribution in [1.82, 2.24) is 9.80 Å². The zero-order valence-corrected chi connectivity index (χ0v) is 14.0. The minimum Gasteiger partial charge on any atom is -0.497 e. The van der Waals surface area contributed by atoms with Crippen molar-refractivity contribution < 1.29 is 19.1 Å². The maximum absolute atomic E-state index is 12.8. The minimum atomic E-state index is -0.367. The Morgan fingerprint density at radius 1 is 1.39 bits per heavy atom. The van der Waals surface area contributed by atoms with Gasteiger partial charge in [-0.15, -0.1) is 0 Å². The smallest absolute Gasteiger partial charge is 0.253 e. The lowest BCUT2D eigenvalue weighted by Crippen LogP contribution is -2.50. The summed E-state index contributed by atoms with van der Waals surface area (Å²) in [5.41, 5.74) is 6.01. The third kappa shape index (κ3) is 4.94. The van der Waals surface area contributed by atoms with Crippen molar-refractivity contribution in [2.45, 2.75) is 32.3 Å². The van der Waals surface area contributed by atoms with Crippen LogP contribution in [0.4, 0.5) is 0 Å². The molecule has 23 heavy (non-hydrogen) atoms. The number of morpholine rings is 1. The van der Waals surface area contributed by atoms with Crippen LogP contribution >= 0.6 is 0 Å². The van der Waals surface area contributed by atoms with Crippen molar-refractivity contribution in [1.29, 1.82) is 0 Å². The number of hydrogen-bond donors (Lipinski definition) is 1. The first kappa shape index (κ1) is 17.7. The minimum absolute atomic E-state index is 0.0624. The summed E-state index contributed by atoms with van der Waals surface area (Å²) in [4.78, 5) is 27.4. The molecular formula is C16H27N3O4. The van der Waals surface area contributed by atoms with Gasteiger partial charge in [-0.05, 0) is 19.9 Å². The quantitative estimate of drug-likeness (QED) is 0.749. The fourth-order valence-electron chi connectivity index (χ4n) is 3.10. The highest BCUT2D eigenvalue weighted by Crippen LogP contribution is 2.24. The van der Waals surface area contributed by atoms with Crippen molar-refractivity contribution in [3.05, 3.63) is 11.3 Å². The second-order valence-electron chi connectivity index (χ2n) is 6.11. The summed E-state index contributed by atoms with van der Waals surface area (Å²) in [7, 11) is 1.82. The molecule has 0 aromatic carbocycles.